The summed E-state index contributed by atoms with van der Waals surface area (Å²) in [5.74, 6) is 0.589. The van der Waals surface area contributed by atoms with Gasteiger partial charge in [-0.2, -0.15) is 0 Å². The molecule has 2 unspecified atom stereocenters. The quantitative estimate of drug-likeness (QED) is 0.446. The first-order valence-electron chi connectivity index (χ1n) is 10.8. The number of methoxy groups -OCH3 is 1. The van der Waals surface area contributed by atoms with Crippen LogP contribution in [0.25, 0.3) is 0 Å². The van der Waals surface area contributed by atoms with Gasteiger partial charge < -0.3 is 14.2 Å². The Kier molecular flexibility index (Phi) is 8.10. The second-order valence-corrected chi connectivity index (χ2v) is 8.42. The highest BCUT2D eigenvalue weighted by Crippen LogP contribution is 2.39. The molecule has 1 saturated heterocycles. The van der Waals surface area contributed by atoms with Crippen molar-refractivity contribution in [2.24, 2.45) is 17.8 Å². The Morgan fingerprint density at radius 1 is 1.04 bits per heavy atom. The van der Waals surface area contributed by atoms with E-state index in [1.54, 1.807) is 0 Å². The fourth-order valence-corrected chi connectivity index (χ4v) is 4.84. The van der Waals surface area contributed by atoms with Crippen molar-refractivity contribution in [3.63, 3.8) is 0 Å². The van der Waals surface area contributed by atoms with Gasteiger partial charge in [-0.1, -0.05) is 18.9 Å². The predicted octanol–water partition coefficient (Wildman–Crippen LogP) is 6.37. The van der Waals surface area contributed by atoms with Gasteiger partial charge in [0.05, 0.1) is 20.3 Å². The van der Waals surface area contributed by atoms with E-state index in [-0.39, 0.29) is 18.7 Å². The highest BCUT2D eigenvalue weighted by atomic mass is 19.2. The Hall–Kier alpha value is -1.20. The number of allylic oxidation sites excluding steroid dienone is 4. The lowest BCUT2D eigenvalue weighted by molar-refractivity contribution is -0.177. The molecule has 2 aliphatic carbocycles. The molecule has 0 bridgehead atoms. The second-order valence-electron chi connectivity index (χ2n) is 8.42. The van der Waals surface area contributed by atoms with Crippen molar-refractivity contribution in [2.75, 3.05) is 20.3 Å². The monoisotopic (exact) mass is 396 g/mol. The van der Waals surface area contributed by atoms with Crippen LogP contribution in [-0.2, 0) is 14.2 Å². The summed E-state index contributed by atoms with van der Waals surface area (Å²) in [6.07, 6.45) is 12.1. The molecular formula is C23H34F2O3. The fraction of sp³-hybridized carbons (Fsp3) is 0.739. The zero-order chi connectivity index (χ0) is 19.9. The van der Waals surface area contributed by atoms with Crippen LogP contribution in [-0.4, -0.2) is 26.6 Å². The van der Waals surface area contributed by atoms with E-state index < -0.39 is 11.7 Å². The molecule has 0 aromatic rings. The average Bonchev–Trinajstić information content (AvgIpc) is 2.74. The molecular weight excluding hydrogens is 362 g/mol. The van der Waals surface area contributed by atoms with Gasteiger partial charge in [-0.25, -0.2) is 8.78 Å². The predicted molar refractivity (Wildman–Crippen MR) is 106 cm³/mol. The molecule has 0 aromatic carbocycles. The lowest BCUT2D eigenvalue weighted by Gasteiger charge is -2.37. The average molecular weight is 397 g/mol. The summed E-state index contributed by atoms with van der Waals surface area (Å²) in [5.41, 5.74) is 0.363. The van der Waals surface area contributed by atoms with Gasteiger partial charge in [0.2, 0.25) is 0 Å². The molecule has 158 valence electrons. The first-order valence-corrected chi connectivity index (χ1v) is 10.8. The van der Waals surface area contributed by atoms with Crippen LogP contribution in [0.15, 0.2) is 35.6 Å². The van der Waals surface area contributed by atoms with E-state index in [1.807, 2.05) is 6.08 Å². The van der Waals surface area contributed by atoms with Crippen LogP contribution in [0.2, 0.25) is 0 Å². The summed E-state index contributed by atoms with van der Waals surface area (Å²) in [5, 5.41) is 0. The second kappa shape index (κ2) is 10.5. The summed E-state index contributed by atoms with van der Waals surface area (Å²) in [7, 11) is 1.36. The fourth-order valence-electron chi connectivity index (χ4n) is 4.84. The topological polar surface area (TPSA) is 27.7 Å². The molecule has 1 saturated carbocycles. The van der Waals surface area contributed by atoms with Crippen LogP contribution in [0, 0.1) is 17.8 Å². The van der Waals surface area contributed by atoms with Crippen molar-refractivity contribution >= 4 is 0 Å². The molecule has 3 nitrogen and oxygen atoms in total. The molecule has 3 aliphatic rings. The Balaban J connectivity index is 1.39. The first-order chi connectivity index (χ1) is 13.6. The highest BCUT2D eigenvalue weighted by Gasteiger charge is 2.32. The summed E-state index contributed by atoms with van der Waals surface area (Å²) in [6.45, 7) is 4.62. The summed E-state index contributed by atoms with van der Waals surface area (Å²) < 4.78 is 44.5. The van der Waals surface area contributed by atoms with Crippen molar-refractivity contribution in [2.45, 2.75) is 70.5 Å². The molecule has 0 radical (unpaired) electrons. The van der Waals surface area contributed by atoms with Crippen molar-refractivity contribution in [3.8, 4) is 0 Å². The Labute approximate surface area is 167 Å². The molecule has 2 atom stereocenters. The number of hydrogen-bond donors (Lipinski definition) is 0. The number of ether oxygens (including phenoxy) is 3. The van der Waals surface area contributed by atoms with Gasteiger partial charge in [-0.05, 0) is 68.3 Å². The number of rotatable bonds is 8. The smallest absolute Gasteiger partial charge is 0.196 e. The van der Waals surface area contributed by atoms with Gasteiger partial charge in [0.1, 0.15) is 5.76 Å². The van der Waals surface area contributed by atoms with Crippen molar-refractivity contribution in [3.05, 3.63) is 35.6 Å². The van der Waals surface area contributed by atoms with Gasteiger partial charge in [-0.3, -0.25) is 0 Å². The lowest BCUT2D eigenvalue weighted by atomic mass is 9.73. The Morgan fingerprint density at radius 2 is 1.79 bits per heavy atom. The van der Waals surface area contributed by atoms with Gasteiger partial charge in [0, 0.05) is 6.42 Å². The zero-order valence-electron chi connectivity index (χ0n) is 17.1. The molecule has 0 aromatic heterocycles. The van der Waals surface area contributed by atoms with Crippen LogP contribution in [0.1, 0.15) is 64.2 Å². The molecule has 0 spiro atoms. The minimum atomic E-state index is -0.888. The van der Waals surface area contributed by atoms with E-state index in [0.717, 1.165) is 37.7 Å². The Morgan fingerprint density at radius 3 is 2.43 bits per heavy atom. The third-order valence-electron chi connectivity index (χ3n) is 6.70. The van der Waals surface area contributed by atoms with E-state index >= 15 is 0 Å². The normalized spacial score (nSPS) is 31.8. The molecule has 1 heterocycles. The molecule has 0 amide bonds. The van der Waals surface area contributed by atoms with E-state index in [2.05, 4.69) is 6.58 Å². The van der Waals surface area contributed by atoms with E-state index in [9.17, 15) is 8.78 Å². The van der Waals surface area contributed by atoms with Crippen LogP contribution >= 0.6 is 0 Å². The van der Waals surface area contributed by atoms with Gasteiger partial charge >= 0.3 is 0 Å². The molecule has 0 N–H and O–H groups in total. The third-order valence-corrected chi connectivity index (χ3v) is 6.70. The van der Waals surface area contributed by atoms with Crippen LogP contribution in [0.3, 0.4) is 0 Å². The third kappa shape index (κ3) is 5.44. The largest absolute Gasteiger partial charge is 0.498 e. The molecule has 3 rings (SSSR count). The maximum atomic E-state index is 14.1. The highest BCUT2D eigenvalue weighted by molar-refractivity contribution is 5.32. The maximum Gasteiger partial charge on any atom is 0.196 e. The zero-order valence-corrected chi connectivity index (χ0v) is 17.1. The van der Waals surface area contributed by atoms with E-state index in [1.165, 1.54) is 39.2 Å². The van der Waals surface area contributed by atoms with E-state index in [4.69, 9.17) is 14.2 Å². The van der Waals surface area contributed by atoms with Crippen molar-refractivity contribution in [1.29, 1.82) is 0 Å². The Bertz CT molecular complexity index is 583. The SMILES string of the molecule is C=CCCC1CCC(C2CCC(OCC3=C(F)C(F)=C(OC)CC3)OC2)CC1. The maximum absolute atomic E-state index is 14.1. The molecule has 28 heavy (non-hydrogen) atoms. The molecule has 1 aliphatic heterocycles. The molecule has 2 fully saturated rings. The summed E-state index contributed by atoms with van der Waals surface area (Å²) in [4.78, 5) is 0. The molecule has 5 heteroatoms. The summed E-state index contributed by atoms with van der Waals surface area (Å²) >= 11 is 0. The van der Waals surface area contributed by atoms with Crippen LogP contribution in [0.5, 0.6) is 0 Å². The summed E-state index contributed by atoms with van der Waals surface area (Å²) in [6, 6.07) is 0. The standard InChI is InChI=1S/C23H34F2O3/c1-3-4-5-16-6-8-17(9-7-16)18-11-13-21(27-14-18)28-15-19-10-12-20(26-2)23(25)22(19)24/h3,16-18,21H,1,4-15H2,2H3. The van der Waals surface area contributed by atoms with Crippen LogP contribution < -0.4 is 0 Å². The number of hydrogen-bond acceptors (Lipinski definition) is 3. The van der Waals surface area contributed by atoms with Crippen molar-refractivity contribution in [1.82, 2.24) is 0 Å². The minimum absolute atomic E-state index is 0.0808. The first kappa shape index (κ1) is 21.5. The van der Waals surface area contributed by atoms with E-state index in [0.29, 0.717) is 24.3 Å². The lowest BCUT2D eigenvalue weighted by Crippen LogP contribution is -2.34. The van der Waals surface area contributed by atoms with Gasteiger partial charge in [0.15, 0.2) is 17.9 Å². The van der Waals surface area contributed by atoms with Gasteiger partial charge in [-0.15, -0.1) is 6.58 Å². The number of halogens is 2. The van der Waals surface area contributed by atoms with Crippen molar-refractivity contribution < 1.29 is 23.0 Å². The van der Waals surface area contributed by atoms with Gasteiger partial charge in [0.25, 0.3) is 0 Å². The minimum Gasteiger partial charge on any atom is -0.498 e. The van der Waals surface area contributed by atoms with Crippen LogP contribution in [0.4, 0.5) is 8.78 Å².